The molecule has 0 fully saturated rings. The van der Waals surface area contributed by atoms with Gasteiger partial charge in [-0.25, -0.2) is 0 Å². The fourth-order valence-corrected chi connectivity index (χ4v) is 2.96. The number of para-hydroxylation sites is 1. The number of benzene rings is 1. The van der Waals surface area contributed by atoms with Crippen molar-refractivity contribution in [1.82, 2.24) is 5.32 Å². The Hall–Kier alpha value is -1.53. The maximum absolute atomic E-state index is 9.23. The van der Waals surface area contributed by atoms with Crippen molar-refractivity contribution < 1.29 is 0 Å². The maximum atomic E-state index is 9.23. The topological polar surface area (TPSA) is 39.1 Å². The first-order valence-corrected chi connectivity index (χ1v) is 7.62. The molecule has 1 aliphatic heterocycles. The quantitative estimate of drug-likeness (QED) is 0.894. The minimum atomic E-state index is -0.0590. The van der Waals surface area contributed by atoms with E-state index in [2.05, 4.69) is 61.3 Å². The molecule has 3 nitrogen and oxygen atoms in total. The molecule has 108 valence electrons. The van der Waals surface area contributed by atoms with Gasteiger partial charge in [0.1, 0.15) is 0 Å². The number of anilines is 1. The van der Waals surface area contributed by atoms with Crippen LogP contribution >= 0.6 is 0 Å². The molecular formula is C17H25N3. The molecule has 2 rings (SSSR count). The van der Waals surface area contributed by atoms with Crippen LogP contribution in [0.15, 0.2) is 24.3 Å². The van der Waals surface area contributed by atoms with Gasteiger partial charge in [-0.1, -0.05) is 18.2 Å². The van der Waals surface area contributed by atoms with Crippen LogP contribution in [-0.4, -0.2) is 24.7 Å². The van der Waals surface area contributed by atoms with Crippen molar-refractivity contribution in [3.05, 3.63) is 29.8 Å². The average Bonchev–Trinajstić information content (AvgIpc) is 2.44. The minimum Gasteiger partial charge on any atom is -0.368 e. The summed E-state index contributed by atoms with van der Waals surface area (Å²) < 4.78 is 0. The number of fused-ring (bicyclic) bond motifs is 1. The van der Waals surface area contributed by atoms with E-state index in [-0.39, 0.29) is 6.04 Å². The fourth-order valence-electron chi connectivity index (χ4n) is 2.96. The lowest BCUT2D eigenvalue weighted by molar-refractivity contribution is 0.481. The van der Waals surface area contributed by atoms with Gasteiger partial charge in [-0.15, -0.1) is 0 Å². The Kier molecular flexibility index (Phi) is 5.03. The highest BCUT2D eigenvalue weighted by Gasteiger charge is 2.23. The van der Waals surface area contributed by atoms with Gasteiger partial charge in [-0.05, 0) is 51.7 Å². The SMILES string of the molecule is CC(C)NC(C#N)CCN1c2ccccc2CCC1C. The Labute approximate surface area is 122 Å². The van der Waals surface area contributed by atoms with Crippen molar-refractivity contribution in [2.45, 2.75) is 58.2 Å². The van der Waals surface area contributed by atoms with Gasteiger partial charge in [0.25, 0.3) is 0 Å². The molecule has 0 spiro atoms. The van der Waals surface area contributed by atoms with Crippen LogP contribution in [-0.2, 0) is 6.42 Å². The second kappa shape index (κ2) is 6.76. The Morgan fingerprint density at radius 1 is 1.40 bits per heavy atom. The molecule has 0 aliphatic carbocycles. The predicted octanol–water partition coefficient (Wildman–Crippen LogP) is 3.11. The Morgan fingerprint density at radius 2 is 2.15 bits per heavy atom. The Bertz CT molecular complexity index is 475. The zero-order valence-electron chi connectivity index (χ0n) is 12.8. The van der Waals surface area contributed by atoms with E-state index in [1.54, 1.807) is 0 Å². The normalized spacial score (nSPS) is 19.6. The van der Waals surface area contributed by atoms with E-state index in [1.807, 2.05) is 0 Å². The van der Waals surface area contributed by atoms with Gasteiger partial charge in [0.15, 0.2) is 0 Å². The molecule has 1 aliphatic rings. The van der Waals surface area contributed by atoms with Crippen LogP contribution < -0.4 is 10.2 Å². The van der Waals surface area contributed by atoms with Gasteiger partial charge in [-0.3, -0.25) is 5.32 Å². The molecule has 3 heteroatoms. The summed E-state index contributed by atoms with van der Waals surface area (Å²) in [5, 5.41) is 12.6. The first-order valence-electron chi connectivity index (χ1n) is 7.62. The van der Waals surface area contributed by atoms with Crippen LogP contribution in [0.5, 0.6) is 0 Å². The third-order valence-electron chi connectivity index (χ3n) is 4.01. The zero-order chi connectivity index (χ0) is 14.5. The minimum absolute atomic E-state index is 0.0590. The third kappa shape index (κ3) is 3.52. The second-order valence-electron chi connectivity index (χ2n) is 6.00. The van der Waals surface area contributed by atoms with Crippen LogP contribution in [0.2, 0.25) is 0 Å². The van der Waals surface area contributed by atoms with Crippen molar-refractivity contribution >= 4 is 5.69 Å². The highest BCUT2D eigenvalue weighted by atomic mass is 15.2. The predicted molar refractivity (Wildman–Crippen MR) is 83.9 cm³/mol. The molecule has 1 aromatic rings. The molecule has 2 unspecified atom stereocenters. The summed E-state index contributed by atoms with van der Waals surface area (Å²) in [6.07, 6.45) is 3.24. The molecule has 0 saturated heterocycles. The maximum Gasteiger partial charge on any atom is 0.0971 e. The van der Waals surface area contributed by atoms with Gasteiger partial charge < -0.3 is 4.90 Å². The van der Waals surface area contributed by atoms with E-state index >= 15 is 0 Å². The number of hydrogen-bond acceptors (Lipinski definition) is 3. The van der Waals surface area contributed by atoms with Gasteiger partial charge >= 0.3 is 0 Å². The molecule has 2 atom stereocenters. The lowest BCUT2D eigenvalue weighted by Gasteiger charge is -2.37. The molecular weight excluding hydrogens is 246 g/mol. The van der Waals surface area contributed by atoms with Crippen LogP contribution in [0, 0.1) is 11.3 Å². The third-order valence-corrected chi connectivity index (χ3v) is 4.01. The molecule has 0 bridgehead atoms. The second-order valence-corrected chi connectivity index (χ2v) is 6.00. The lowest BCUT2D eigenvalue weighted by atomic mass is 9.96. The number of rotatable bonds is 5. The van der Waals surface area contributed by atoms with Crippen LogP contribution in [0.3, 0.4) is 0 Å². The summed E-state index contributed by atoms with van der Waals surface area (Å²) in [5.74, 6) is 0. The molecule has 0 saturated carbocycles. The van der Waals surface area contributed by atoms with Crippen molar-refractivity contribution in [2.75, 3.05) is 11.4 Å². The summed E-state index contributed by atoms with van der Waals surface area (Å²) in [4.78, 5) is 2.46. The van der Waals surface area contributed by atoms with Crippen LogP contribution in [0.25, 0.3) is 0 Å². The monoisotopic (exact) mass is 271 g/mol. The summed E-state index contributed by atoms with van der Waals surface area (Å²) in [6.45, 7) is 7.40. The number of nitrogens with zero attached hydrogens (tertiary/aromatic N) is 2. The van der Waals surface area contributed by atoms with Gasteiger partial charge in [0.05, 0.1) is 12.1 Å². The summed E-state index contributed by atoms with van der Waals surface area (Å²) in [5.41, 5.74) is 2.79. The average molecular weight is 271 g/mol. The van der Waals surface area contributed by atoms with E-state index in [9.17, 15) is 5.26 Å². The van der Waals surface area contributed by atoms with Crippen molar-refractivity contribution in [2.24, 2.45) is 0 Å². The highest BCUT2D eigenvalue weighted by molar-refractivity contribution is 5.56. The van der Waals surface area contributed by atoms with Crippen molar-refractivity contribution in [3.63, 3.8) is 0 Å². The number of nitriles is 1. The zero-order valence-corrected chi connectivity index (χ0v) is 12.8. The molecule has 0 aromatic heterocycles. The smallest absolute Gasteiger partial charge is 0.0971 e. The standard InChI is InChI=1S/C17H25N3/c1-13(2)19-16(12-18)10-11-20-14(3)8-9-15-6-4-5-7-17(15)20/h4-7,13-14,16,19H,8-11H2,1-3H3. The molecule has 20 heavy (non-hydrogen) atoms. The summed E-state index contributed by atoms with van der Waals surface area (Å²) in [6, 6.07) is 11.9. The number of aryl methyl sites for hydroxylation is 1. The van der Waals surface area contributed by atoms with Gasteiger partial charge in [-0.2, -0.15) is 5.26 Å². The van der Waals surface area contributed by atoms with E-state index < -0.39 is 0 Å². The van der Waals surface area contributed by atoms with E-state index in [4.69, 9.17) is 0 Å². The van der Waals surface area contributed by atoms with E-state index in [1.165, 1.54) is 24.1 Å². The van der Waals surface area contributed by atoms with E-state index in [0.717, 1.165) is 13.0 Å². The Balaban J connectivity index is 2.03. The first-order chi connectivity index (χ1) is 9.61. The molecule has 0 radical (unpaired) electrons. The molecule has 0 amide bonds. The van der Waals surface area contributed by atoms with Gasteiger partial charge in [0.2, 0.25) is 0 Å². The van der Waals surface area contributed by atoms with Gasteiger partial charge in [0, 0.05) is 24.3 Å². The lowest BCUT2D eigenvalue weighted by Crippen LogP contribution is -2.42. The van der Waals surface area contributed by atoms with Crippen molar-refractivity contribution in [3.8, 4) is 6.07 Å². The summed E-state index contributed by atoms with van der Waals surface area (Å²) >= 11 is 0. The summed E-state index contributed by atoms with van der Waals surface area (Å²) in [7, 11) is 0. The first kappa shape index (κ1) is 14.9. The van der Waals surface area contributed by atoms with Crippen LogP contribution in [0.4, 0.5) is 5.69 Å². The Morgan fingerprint density at radius 3 is 2.85 bits per heavy atom. The van der Waals surface area contributed by atoms with E-state index in [0.29, 0.717) is 12.1 Å². The number of hydrogen-bond donors (Lipinski definition) is 1. The van der Waals surface area contributed by atoms with Crippen molar-refractivity contribution in [1.29, 1.82) is 5.26 Å². The largest absolute Gasteiger partial charge is 0.368 e. The number of nitrogens with one attached hydrogen (secondary N) is 1. The molecule has 1 aromatic carbocycles. The van der Waals surface area contributed by atoms with Crippen LogP contribution in [0.1, 0.15) is 39.2 Å². The fraction of sp³-hybridized carbons (Fsp3) is 0.588. The molecule has 1 heterocycles. The highest BCUT2D eigenvalue weighted by Crippen LogP contribution is 2.30. The molecule has 1 N–H and O–H groups in total.